The van der Waals surface area contributed by atoms with Crippen LogP contribution in [0.4, 0.5) is 10.1 Å². The number of hydrogen-bond acceptors (Lipinski definition) is 3. The average molecular weight is 440 g/mol. The zero-order valence-electron chi connectivity index (χ0n) is 13.8. The number of alkyl halides is 1. The summed E-state index contributed by atoms with van der Waals surface area (Å²) in [6, 6.07) is 14.8. The third-order valence-corrected chi connectivity index (χ3v) is 6.60. The number of likely N-dealkylation sites (N-methyl/N-ethyl adjacent to an activating group) is 1. The molecule has 128 valence electrons. The monoisotopic (exact) mass is 440 g/mol. The van der Waals surface area contributed by atoms with Crippen molar-refractivity contribution in [2.45, 2.75) is 22.5 Å². The van der Waals surface area contributed by atoms with Crippen LogP contribution in [0.25, 0.3) is 0 Å². The molecule has 3 nitrogen and oxygen atoms in total. The predicted molar refractivity (Wildman–Crippen MR) is 104 cm³/mol. The first-order valence-electron chi connectivity index (χ1n) is 8.12. The van der Waals surface area contributed by atoms with Gasteiger partial charge in [-0.15, -0.1) is 0 Å². The lowest BCUT2D eigenvalue weighted by atomic mass is 9.98. The van der Waals surface area contributed by atoms with Gasteiger partial charge in [0.25, 0.3) is 0 Å². The Morgan fingerprint density at radius 2 is 2.08 bits per heavy atom. The molecule has 0 radical (unpaired) electrons. The Morgan fingerprint density at radius 3 is 2.79 bits per heavy atom. The van der Waals surface area contributed by atoms with Gasteiger partial charge in [-0.2, -0.15) is 0 Å². The molecule has 24 heavy (non-hydrogen) atoms. The highest BCUT2D eigenvalue weighted by Gasteiger charge is 2.46. The molecular formula is C19H22FIN2O. The first-order valence-corrected chi connectivity index (χ1v) is 9.20. The Balaban J connectivity index is 2.13. The van der Waals surface area contributed by atoms with Gasteiger partial charge in [0, 0.05) is 24.7 Å². The molecule has 1 aliphatic rings. The highest BCUT2D eigenvalue weighted by molar-refractivity contribution is 14.1. The highest BCUT2D eigenvalue weighted by atomic mass is 127. The third kappa shape index (κ3) is 2.93. The van der Waals surface area contributed by atoms with E-state index < -0.39 is 9.65 Å². The topological polar surface area (TPSA) is 35.5 Å². The lowest BCUT2D eigenvalue weighted by molar-refractivity contribution is 0.133. The van der Waals surface area contributed by atoms with Crippen molar-refractivity contribution in [1.82, 2.24) is 5.32 Å². The number of fused-ring (bicyclic) bond motifs is 1. The maximum Gasteiger partial charge on any atom is 0.145 e. The number of rotatable bonds is 5. The Hall–Kier alpha value is -1.18. The quantitative estimate of drug-likeness (QED) is 0.424. The second kappa shape index (κ2) is 6.98. The SMILES string of the molecule is CNC[C@@H](O)[C@@](I)(c1cccc(F)c1)N1C[C@H](C)c2ccccc21. The number of nitrogens with zero attached hydrogens (tertiary/aromatic N) is 1. The van der Waals surface area contributed by atoms with Gasteiger partial charge in [-0.25, -0.2) is 4.39 Å². The summed E-state index contributed by atoms with van der Waals surface area (Å²) in [6.45, 7) is 3.40. The lowest BCUT2D eigenvalue weighted by Gasteiger charge is -2.43. The molecule has 2 aromatic rings. The minimum absolute atomic E-state index is 0.286. The summed E-state index contributed by atoms with van der Waals surface area (Å²) in [5, 5.41) is 14.0. The van der Waals surface area contributed by atoms with Crippen LogP contribution >= 0.6 is 22.6 Å². The molecule has 1 aliphatic heterocycles. The molecule has 0 spiro atoms. The summed E-state index contributed by atoms with van der Waals surface area (Å²) >= 11 is 2.28. The summed E-state index contributed by atoms with van der Waals surface area (Å²) in [5.41, 5.74) is 3.15. The Bertz CT molecular complexity index is 726. The van der Waals surface area contributed by atoms with Crippen molar-refractivity contribution in [3.63, 3.8) is 0 Å². The molecule has 0 amide bonds. The van der Waals surface area contributed by atoms with Gasteiger partial charge in [0.15, 0.2) is 0 Å². The minimum atomic E-state index is -0.746. The van der Waals surface area contributed by atoms with Crippen LogP contribution in [0.15, 0.2) is 48.5 Å². The van der Waals surface area contributed by atoms with E-state index in [1.54, 1.807) is 6.07 Å². The smallest absolute Gasteiger partial charge is 0.145 e. The van der Waals surface area contributed by atoms with Gasteiger partial charge in [0.05, 0.1) is 0 Å². The molecule has 0 aliphatic carbocycles. The number of anilines is 1. The van der Waals surface area contributed by atoms with Crippen LogP contribution in [0.1, 0.15) is 24.0 Å². The predicted octanol–water partition coefficient (Wildman–Crippen LogP) is 3.62. The number of aliphatic hydroxyl groups excluding tert-OH is 1. The van der Waals surface area contributed by atoms with E-state index in [0.717, 1.165) is 17.8 Å². The van der Waals surface area contributed by atoms with Crippen LogP contribution in [0.2, 0.25) is 0 Å². The molecule has 5 heteroatoms. The van der Waals surface area contributed by atoms with Gasteiger partial charge >= 0.3 is 0 Å². The molecular weight excluding hydrogens is 418 g/mol. The van der Waals surface area contributed by atoms with Crippen LogP contribution in [-0.4, -0.2) is 31.3 Å². The van der Waals surface area contributed by atoms with Gasteiger partial charge < -0.3 is 15.3 Å². The van der Waals surface area contributed by atoms with Crippen LogP contribution < -0.4 is 10.2 Å². The van der Waals surface area contributed by atoms with Crippen molar-refractivity contribution >= 4 is 28.3 Å². The van der Waals surface area contributed by atoms with Crippen molar-refractivity contribution in [3.8, 4) is 0 Å². The number of hydrogen-bond donors (Lipinski definition) is 2. The fourth-order valence-electron chi connectivity index (χ4n) is 3.49. The summed E-state index contributed by atoms with van der Waals surface area (Å²) in [5.74, 6) is 0.0800. The average Bonchev–Trinajstić information content (AvgIpc) is 2.92. The number of aliphatic hydroxyl groups is 1. The Kier molecular flexibility index (Phi) is 5.13. The van der Waals surface area contributed by atoms with Gasteiger partial charge in [-0.05, 0) is 59.0 Å². The fraction of sp³-hybridized carbons (Fsp3) is 0.368. The molecule has 2 N–H and O–H groups in total. The van der Waals surface area contributed by atoms with Gasteiger partial charge in [0.1, 0.15) is 15.5 Å². The number of halogens is 2. The molecule has 3 rings (SSSR count). The van der Waals surface area contributed by atoms with Crippen molar-refractivity contribution in [1.29, 1.82) is 0 Å². The Morgan fingerprint density at radius 1 is 1.33 bits per heavy atom. The van der Waals surface area contributed by atoms with E-state index in [-0.39, 0.29) is 5.82 Å². The van der Waals surface area contributed by atoms with Gasteiger partial charge in [-0.1, -0.05) is 37.3 Å². The fourth-order valence-corrected chi connectivity index (χ4v) is 4.50. The molecule has 0 fully saturated rings. The van der Waals surface area contributed by atoms with E-state index in [2.05, 4.69) is 51.9 Å². The van der Waals surface area contributed by atoms with E-state index in [1.807, 2.05) is 25.2 Å². The maximum atomic E-state index is 13.9. The normalized spacial score (nSPS) is 20.5. The molecule has 3 atom stereocenters. The molecule has 0 saturated carbocycles. The van der Waals surface area contributed by atoms with Gasteiger partial charge in [-0.3, -0.25) is 0 Å². The molecule has 0 aromatic heterocycles. The second-order valence-corrected chi connectivity index (χ2v) is 7.97. The standard InChI is InChI=1S/C19H22FIN2O/c1-13-12-23(17-9-4-3-8-16(13)17)19(21,18(24)11-22-2)14-6-5-7-15(20)10-14/h3-10,13,18,22,24H,11-12H2,1-2H3/t13-,18+,19+/m0/s1. The zero-order chi connectivity index (χ0) is 17.3. The molecule has 2 aromatic carbocycles. The molecule has 1 heterocycles. The Labute approximate surface area is 156 Å². The molecule has 0 saturated heterocycles. The number of nitrogens with one attached hydrogen (secondary N) is 1. The van der Waals surface area contributed by atoms with Crippen LogP contribution in [-0.2, 0) is 3.55 Å². The van der Waals surface area contributed by atoms with E-state index in [4.69, 9.17) is 0 Å². The summed E-state index contributed by atoms with van der Waals surface area (Å²) < 4.78 is 13.1. The summed E-state index contributed by atoms with van der Waals surface area (Å²) in [7, 11) is 1.81. The zero-order valence-corrected chi connectivity index (χ0v) is 16.0. The van der Waals surface area contributed by atoms with Crippen LogP contribution in [0.3, 0.4) is 0 Å². The molecule has 0 bridgehead atoms. The van der Waals surface area contributed by atoms with E-state index in [9.17, 15) is 9.50 Å². The third-order valence-electron chi connectivity index (χ3n) is 4.68. The van der Waals surface area contributed by atoms with E-state index in [1.165, 1.54) is 17.7 Å². The second-order valence-electron chi connectivity index (χ2n) is 6.33. The largest absolute Gasteiger partial charge is 0.388 e. The van der Waals surface area contributed by atoms with Crippen molar-refractivity contribution in [3.05, 3.63) is 65.5 Å². The van der Waals surface area contributed by atoms with Crippen molar-refractivity contribution < 1.29 is 9.50 Å². The van der Waals surface area contributed by atoms with Gasteiger partial charge in [0.2, 0.25) is 0 Å². The van der Waals surface area contributed by atoms with Crippen LogP contribution in [0.5, 0.6) is 0 Å². The maximum absolute atomic E-state index is 13.9. The number of benzene rings is 2. The van der Waals surface area contributed by atoms with E-state index >= 15 is 0 Å². The minimum Gasteiger partial charge on any atom is -0.388 e. The summed E-state index contributed by atoms with van der Waals surface area (Å²) in [4.78, 5) is 2.21. The van der Waals surface area contributed by atoms with Crippen LogP contribution in [0, 0.1) is 5.82 Å². The number of para-hydroxylation sites is 1. The highest BCUT2D eigenvalue weighted by Crippen LogP contribution is 2.48. The van der Waals surface area contributed by atoms with E-state index in [0.29, 0.717) is 12.5 Å². The molecule has 0 unspecified atom stereocenters. The van der Waals surface area contributed by atoms with Crippen molar-refractivity contribution in [2.75, 3.05) is 25.0 Å². The first-order chi connectivity index (χ1) is 11.5. The van der Waals surface area contributed by atoms with Crippen molar-refractivity contribution in [2.24, 2.45) is 0 Å². The lowest BCUT2D eigenvalue weighted by Crippen LogP contribution is -2.52. The summed E-state index contributed by atoms with van der Waals surface area (Å²) in [6.07, 6.45) is -0.691. The first kappa shape index (κ1) is 17.6.